The lowest BCUT2D eigenvalue weighted by Gasteiger charge is -1.90. The molecule has 0 bridgehead atoms. The van der Waals surface area contributed by atoms with Gasteiger partial charge in [0, 0.05) is 106 Å². The van der Waals surface area contributed by atoms with E-state index in [1.165, 1.54) is 194 Å². The number of benzene rings is 18. The molecule has 0 heterocycles. The van der Waals surface area contributed by atoms with Crippen LogP contribution in [-0.2, 0) is 106 Å². The molecule has 648 valence electrons. The second-order valence-corrected chi connectivity index (χ2v) is 36.4. The van der Waals surface area contributed by atoms with Crippen LogP contribution in [0.1, 0.15) is 0 Å². The van der Waals surface area contributed by atoms with Crippen LogP contribution in [-0.4, -0.2) is 0 Å². The molecule has 18 rings (SSSR count). The SMILES string of the molecule is [F-].[F-].[F-].[F-].[F-].[F-].[F-].[F-].[F-].c1ccc([SH+]c2ccccc2)cc1.c1ccc([SH+]c2ccccc2)cc1.c1ccc([SH+]c2ccccc2)cc1.c1ccc([SH+]c2ccccc2)cc1.c1ccc([SH+]c2ccccc2)cc1.c1ccc([SH+]c2ccccc2)cc1.c1ccc([SH+]c2ccccc2)cc1.c1ccc([SH+]c2ccccc2)cc1.c1ccc([SH+]c2ccccc2)cc1. The van der Waals surface area contributed by atoms with Crippen LogP contribution in [0.25, 0.3) is 0 Å². The Bertz CT molecular complexity index is 3990. The van der Waals surface area contributed by atoms with Gasteiger partial charge in [-0.15, -0.1) is 0 Å². The lowest BCUT2D eigenvalue weighted by Crippen LogP contribution is -3.00. The van der Waals surface area contributed by atoms with Crippen LogP contribution in [0.5, 0.6) is 0 Å². The van der Waals surface area contributed by atoms with Crippen molar-refractivity contribution in [2.45, 2.75) is 88.1 Å². The molecule has 0 spiro atoms. The topological polar surface area (TPSA) is 0 Å². The van der Waals surface area contributed by atoms with Gasteiger partial charge in [0.2, 0.25) is 0 Å². The summed E-state index contributed by atoms with van der Waals surface area (Å²) in [5, 5.41) is 0. The predicted octanol–water partition coefficient (Wildman–Crippen LogP) is -0.688. The Morgan fingerprint density at radius 1 is 0.0635 bits per heavy atom. The minimum atomic E-state index is 0. The summed E-state index contributed by atoms with van der Waals surface area (Å²) in [6.45, 7) is 0. The highest BCUT2D eigenvalue weighted by Crippen LogP contribution is 2.19. The first-order chi connectivity index (χ1) is 58.0. The molecule has 0 N–H and O–H groups in total. The van der Waals surface area contributed by atoms with Gasteiger partial charge < -0.3 is 42.3 Å². The van der Waals surface area contributed by atoms with Crippen LogP contribution in [0, 0.1) is 0 Å². The third-order valence-electron chi connectivity index (χ3n) is 15.9. The van der Waals surface area contributed by atoms with Crippen LogP contribution < -0.4 is 42.3 Å². The number of rotatable bonds is 18. The summed E-state index contributed by atoms with van der Waals surface area (Å²) in [4.78, 5) is 24.1. The van der Waals surface area contributed by atoms with E-state index in [4.69, 9.17) is 0 Å². The van der Waals surface area contributed by atoms with Crippen molar-refractivity contribution < 1.29 is 42.3 Å². The summed E-state index contributed by atoms with van der Waals surface area (Å²) in [6.07, 6.45) is 0. The maximum Gasteiger partial charge on any atom is 0.158 e. The van der Waals surface area contributed by atoms with Crippen molar-refractivity contribution in [3.8, 4) is 0 Å². The van der Waals surface area contributed by atoms with E-state index in [1.807, 2.05) is 109 Å². The predicted molar refractivity (Wildman–Crippen MR) is 524 cm³/mol. The van der Waals surface area contributed by atoms with Gasteiger partial charge in [-0.1, -0.05) is 328 Å². The van der Waals surface area contributed by atoms with E-state index in [0.717, 1.165) is 0 Å². The van der Waals surface area contributed by atoms with E-state index in [1.54, 1.807) is 0 Å². The molecular formula is C108H99F9S9. The van der Waals surface area contributed by atoms with Crippen molar-refractivity contribution in [3.05, 3.63) is 546 Å². The van der Waals surface area contributed by atoms with Crippen molar-refractivity contribution in [1.82, 2.24) is 0 Å². The average molecular weight is 1860 g/mol. The molecule has 0 aliphatic carbocycles. The van der Waals surface area contributed by atoms with E-state index in [2.05, 4.69) is 437 Å². The molecular weight excluding hydrogens is 1760 g/mol. The van der Waals surface area contributed by atoms with E-state index < -0.39 is 0 Å². The van der Waals surface area contributed by atoms with Crippen molar-refractivity contribution in [3.63, 3.8) is 0 Å². The number of thiol groups is 9. The number of halogens is 9. The van der Waals surface area contributed by atoms with Gasteiger partial charge in [0.15, 0.2) is 88.1 Å². The number of hydrogen-bond acceptors (Lipinski definition) is 0. The van der Waals surface area contributed by atoms with Crippen LogP contribution in [0.3, 0.4) is 0 Å². The first-order valence-electron chi connectivity index (χ1n) is 38.4. The molecule has 0 saturated carbocycles. The summed E-state index contributed by atoms with van der Waals surface area (Å²) >= 11 is 11.5. The van der Waals surface area contributed by atoms with E-state index in [-0.39, 0.29) is 42.3 Å². The maximum absolute atomic E-state index is 2.15. The minimum Gasteiger partial charge on any atom is -1.00 e. The molecule has 0 saturated heterocycles. The van der Waals surface area contributed by atoms with Gasteiger partial charge in [-0.2, -0.15) is 0 Å². The van der Waals surface area contributed by atoms with Crippen LogP contribution >= 0.6 is 0 Å². The summed E-state index contributed by atoms with van der Waals surface area (Å²) in [6, 6.07) is 189. The highest BCUT2D eigenvalue weighted by molar-refractivity contribution is 7.80. The van der Waals surface area contributed by atoms with Crippen LogP contribution in [0.2, 0.25) is 0 Å². The maximum atomic E-state index is 2.15. The van der Waals surface area contributed by atoms with Gasteiger partial charge in [0.25, 0.3) is 0 Å². The highest BCUT2D eigenvalue weighted by atomic mass is 32.2. The van der Waals surface area contributed by atoms with Gasteiger partial charge in [0.1, 0.15) is 0 Å². The minimum absolute atomic E-state index is 0. The summed E-state index contributed by atoms with van der Waals surface area (Å²) in [7, 11) is 0. The van der Waals surface area contributed by atoms with Crippen molar-refractivity contribution in [2.75, 3.05) is 0 Å². The molecule has 0 aromatic heterocycles. The molecule has 0 fully saturated rings. The van der Waals surface area contributed by atoms with Gasteiger partial charge >= 0.3 is 0 Å². The zero-order valence-electron chi connectivity index (χ0n) is 68.4. The lowest BCUT2D eigenvalue weighted by atomic mass is 10.4. The standard InChI is InChI=1S/9C12H10S.9FH/c9*1-3-7-11(8-4-1)13-12-9-5-2-6-10-12;;;;;;;;;/h9*1-10H;9*1H. The molecule has 0 aliphatic heterocycles. The van der Waals surface area contributed by atoms with Crippen molar-refractivity contribution >= 4 is 106 Å². The van der Waals surface area contributed by atoms with Gasteiger partial charge in [-0.05, 0) is 218 Å². The normalized spacial score (nSPS) is 9.14. The van der Waals surface area contributed by atoms with Gasteiger partial charge in [0.05, 0.1) is 0 Å². The van der Waals surface area contributed by atoms with E-state index in [0.29, 0.717) is 0 Å². The van der Waals surface area contributed by atoms with Crippen LogP contribution in [0.15, 0.2) is 634 Å². The smallest absolute Gasteiger partial charge is 0.158 e. The van der Waals surface area contributed by atoms with E-state index >= 15 is 0 Å². The van der Waals surface area contributed by atoms with Gasteiger partial charge in [-0.25, -0.2) is 0 Å². The fourth-order valence-electron chi connectivity index (χ4n) is 10.4. The van der Waals surface area contributed by atoms with E-state index in [9.17, 15) is 0 Å². The molecule has 0 radical (unpaired) electrons. The van der Waals surface area contributed by atoms with Crippen molar-refractivity contribution in [2.24, 2.45) is 0 Å². The first-order valence-corrected chi connectivity index (χ1v) is 46.5. The Balaban J connectivity index is 0.000000702. The fourth-order valence-corrected chi connectivity index (χ4v) is 18.9. The second-order valence-electron chi connectivity index (χ2n) is 25.0. The summed E-state index contributed by atoms with van der Waals surface area (Å²) in [5.74, 6) is 0. The molecule has 0 nitrogen and oxygen atoms in total. The quantitative estimate of drug-likeness (QED) is 0.0608. The Kier molecular flexibility index (Phi) is 64.0. The molecule has 18 aromatic carbocycles. The Morgan fingerprint density at radius 2 is 0.103 bits per heavy atom. The summed E-state index contributed by atoms with van der Waals surface area (Å²) in [5.41, 5.74) is 0. The Morgan fingerprint density at radius 3 is 0.143 bits per heavy atom. The second kappa shape index (κ2) is 71.7. The molecule has 18 heteroatoms. The zero-order chi connectivity index (χ0) is 80.4. The molecule has 0 aliphatic rings. The summed E-state index contributed by atoms with van der Waals surface area (Å²) < 4.78 is 0. The van der Waals surface area contributed by atoms with Crippen LogP contribution in [0.4, 0.5) is 0 Å². The largest absolute Gasteiger partial charge is 1.00 e. The van der Waals surface area contributed by atoms with Gasteiger partial charge in [-0.3, -0.25) is 0 Å². The van der Waals surface area contributed by atoms with Crippen molar-refractivity contribution in [1.29, 1.82) is 0 Å². The third kappa shape index (κ3) is 49.2. The Hall–Kier alpha value is -11.5. The fraction of sp³-hybridized carbons (Fsp3) is 0. The first kappa shape index (κ1) is 112. The third-order valence-corrected chi connectivity index (χ3v) is 25.9. The number of hydrogen-bond donors (Lipinski definition) is 0. The Labute approximate surface area is 775 Å². The highest BCUT2D eigenvalue weighted by Gasteiger charge is 2.11. The monoisotopic (exact) mass is 1850 g/mol. The molecule has 0 unspecified atom stereocenters. The molecule has 126 heavy (non-hydrogen) atoms. The molecule has 0 amide bonds. The zero-order valence-corrected chi connectivity index (χ0v) is 76.4. The molecule has 0 atom stereocenters. The molecule has 18 aromatic rings. The lowest BCUT2D eigenvalue weighted by molar-refractivity contribution is -0.00100. The average Bonchev–Trinajstić information content (AvgIpc) is 0.959.